The second kappa shape index (κ2) is 8.87. The molecule has 0 aliphatic rings. The van der Waals surface area contributed by atoms with Gasteiger partial charge in [0, 0.05) is 12.0 Å². The molecule has 0 aliphatic carbocycles. The molecule has 4 N–H and O–H groups in total. The van der Waals surface area contributed by atoms with Crippen LogP contribution in [0.3, 0.4) is 0 Å². The lowest BCUT2D eigenvalue weighted by atomic mass is 10.0. The Balaban J connectivity index is 0.00000400. The minimum absolute atomic E-state index is 0. The Hall–Kier alpha value is -1.30. The summed E-state index contributed by atoms with van der Waals surface area (Å²) >= 11 is 6.01. The molecule has 5 nitrogen and oxygen atoms in total. The summed E-state index contributed by atoms with van der Waals surface area (Å²) in [6.45, 7) is 5.26. The molecule has 7 heteroatoms. The fraction of sp³-hybridized carbons (Fsp3) is 0.429. The molecule has 2 unspecified atom stereocenters. The van der Waals surface area contributed by atoms with Crippen LogP contribution in [0.25, 0.3) is 0 Å². The number of nitrogens with one attached hydrogen (secondary N) is 2. The zero-order chi connectivity index (χ0) is 15.3. The lowest BCUT2D eigenvalue weighted by Gasteiger charge is -2.15. The van der Waals surface area contributed by atoms with Crippen LogP contribution in [0.5, 0.6) is 0 Å². The van der Waals surface area contributed by atoms with Crippen LogP contribution in [0.4, 0.5) is 5.69 Å². The Morgan fingerprint density at radius 2 is 1.95 bits per heavy atom. The topological polar surface area (TPSA) is 84.2 Å². The highest BCUT2D eigenvalue weighted by Gasteiger charge is 2.17. The molecule has 2 amide bonds. The van der Waals surface area contributed by atoms with Gasteiger partial charge in [0.2, 0.25) is 11.8 Å². The first-order valence-corrected chi connectivity index (χ1v) is 6.78. The van der Waals surface area contributed by atoms with E-state index in [-0.39, 0.29) is 42.7 Å². The molecule has 0 aromatic heterocycles. The largest absolute Gasteiger partial charge is 0.347 e. The number of carbonyl (C=O) groups is 2. The number of anilines is 1. The van der Waals surface area contributed by atoms with Gasteiger partial charge in [-0.2, -0.15) is 0 Å². The molecule has 1 aromatic carbocycles. The molecule has 1 rings (SSSR count). The van der Waals surface area contributed by atoms with Crippen molar-refractivity contribution < 1.29 is 9.59 Å². The fourth-order valence-electron chi connectivity index (χ4n) is 1.48. The van der Waals surface area contributed by atoms with Gasteiger partial charge in [0.05, 0.1) is 17.3 Å². The minimum atomic E-state index is -0.342. The zero-order valence-corrected chi connectivity index (χ0v) is 13.8. The van der Waals surface area contributed by atoms with E-state index in [1.807, 2.05) is 13.0 Å². The van der Waals surface area contributed by atoms with Crippen molar-refractivity contribution in [1.82, 2.24) is 5.32 Å². The second-order valence-electron chi connectivity index (χ2n) is 4.90. The van der Waals surface area contributed by atoms with Crippen molar-refractivity contribution in [3.05, 3.63) is 28.8 Å². The van der Waals surface area contributed by atoms with E-state index in [9.17, 15) is 9.59 Å². The normalized spacial score (nSPS) is 12.8. The predicted molar refractivity (Wildman–Crippen MR) is 87.9 cm³/mol. The monoisotopic (exact) mass is 333 g/mol. The highest BCUT2D eigenvalue weighted by atomic mass is 35.5. The van der Waals surface area contributed by atoms with E-state index >= 15 is 0 Å². The third-order valence-corrected chi connectivity index (χ3v) is 3.34. The van der Waals surface area contributed by atoms with Crippen LogP contribution in [0.2, 0.25) is 5.02 Å². The molecule has 0 saturated carbocycles. The van der Waals surface area contributed by atoms with Crippen molar-refractivity contribution in [1.29, 1.82) is 0 Å². The van der Waals surface area contributed by atoms with Gasteiger partial charge >= 0.3 is 0 Å². The highest BCUT2D eigenvalue weighted by molar-refractivity contribution is 6.33. The first kappa shape index (κ1) is 19.7. The van der Waals surface area contributed by atoms with Crippen LogP contribution < -0.4 is 16.4 Å². The summed E-state index contributed by atoms with van der Waals surface area (Å²) in [7, 11) is 0. The Labute approximate surface area is 136 Å². The third kappa shape index (κ3) is 6.33. The van der Waals surface area contributed by atoms with E-state index in [0.717, 1.165) is 5.56 Å². The van der Waals surface area contributed by atoms with E-state index in [1.54, 1.807) is 26.0 Å². The minimum Gasteiger partial charge on any atom is -0.347 e. The third-order valence-electron chi connectivity index (χ3n) is 3.02. The Kier molecular flexibility index (Phi) is 8.32. The van der Waals surface area contributed by atoms with Crippen molar-refractivity contribution in [2.45, 2.75) is 26.8 Å². The van der Waals surface area contributed by atoms with Gasteiger partial charge in [-0.25, -0.2) is 0 Å². The maximum atomic E-state index is 11.7. The maximum Gasteiger partial charge on any atom is 0.243 e. The Bertz CT molecular complexity index is 507. The number of carbonyl (C=O) groups excluding carboxylic acids is 2. The van der Waals surface area contributed by atoms with Gasteiger partial charge in [-0.05, 0) is 31.5 Å². The number of rotatable bonds is 5. The lowest BCUT2D eigenvalue weighted by Crippen LogP contribution is -2.41. The molecule has 1 aromatic rings. The first-order valence-electron chi connectivity index (χ1n) is 6.40. The van der Waals surface area contributed by atoms with Gasteiger partial charge in [0.25, 0.3) is 0 Å². The summed E-state index contributed by atoms with van der Waals surface area (Å²) in [6, 6.07) is 5.07. The van der Waals surface area contributed by atoms with Gasteiger partial charge < -0.3 is 16.4 Å². The number of halogens is 2. The number of amides is 2. The highest BCUT2D eigenvalue weighted by Crippen LogP contribution is 2.22. The van der Waals surface area contributed by atoms with Gasteiger partial charge in [-0.1, -0.05) is 24.6 Å². The molecule has 0 aliphatic heterocycles. The van der Waals surface area contributed by atoms with E-state index in [1.165, 1.54) is 0 Å². The zero-order valence-electron chi connectivity index (χ0n) is 12.3. The number of benzene rings is 1. The molecule has 0 radical (unpaired) electrons. The van der Waals surface area contributed by atoms with Gasteiger partial charge in [0.15, 0.2) is 0 Å². The molecule has 0 spiro atoms. The molecule has 0 saturated heterocycles. The number of nitrogens with two attached hydrogens (primary N) is 1. The molecule has 0 heterocycles. The molecule has 2 atom stereocenters. The van der Waals surface area contributed by atoms with E-state index < -0.39 is 0 Å². The molecule has 0 bridgehead atoms. The van der Waals surface area contributed by atoms with Crippen molar-refractivity contribution >= 4 is 41.5 Å². The SMILES string of the molecule is Cc1ccc(NC(=O)CNC(=O)C(C)C(C)N)c(Cl)c1.Cl. The van der Waals surface area contributed by atoms with E-state index in [2.05, 4.69) is 10.6 Å². The summed E-state index contributed by atoms with van der Waals surface area (Å²) < 4.78 is 0. The van der Waals surface area contributed by atoms with Crippen LogP contribution in [0, 0.1) is 12.8 Å². The maximum absolute atomic E-state index is 11.7. The summed E-state index contributed by atoms with van der Waals surface area (Å²) in [5.41, 5.74) is 7.15. The molecule has 0 fully saturated rings. The average molecular weight is 334 g/mol. The van der Waals surface area contributed by atoms with Crippen molar-refractivity contribution in [3.8, 4) is 0 Å². The second-order valence-corrected chi connectivity index (χ2v) is 5.30. The smallest absolute Gasteiger partial charge is 0.243 e. The van der Waals surface area contributed by atoms with Crippen molar-refractivity contribution in [2.24, 2.45) is 11.7 Å². The van der Waals surface area contributed by atoms with Gasteiger partial charge in [0.1, 0.15) is 0 Å². The van der Waals surface area contributed by atoms with Gasteiger partial charge in [-0.3, -0.25) is 9.59 Å². The fourth-order valence-corrected chi connectivity index (χ4v) is 1.77. The van der Waals surface area contributed by atoms with Crippen LogP contribution >= 0.6 is 24.0 Å². The van der Waals surface area contributed by atoms with Crippen LogP contribution in [-0.2, 0) is 9.59 Å². The number of aryl methyl sites for hydroxylation is 1. The summed E-state index contributed by atoms with van der Waals surface area (Å²) in [5.74, 6) is -0.920. The van der Waals surface area contributed by atoms with E-state index in [0.29, 0.717) is 10.7 Å². The van der Waals surface area contributed by atoms with Crippen LogP contribution in [-0.4, -0.2) is 24.4 Å². The quantitative estimate of drug-likeness (QED) is 0.771. The van der Waals surface area contributed by atoms with E-state index in [4.69, 9.17) is 17.3 Å². The Morgan fingerprint density at radius 3 is 2.48 bits per heavy atom. The van der Waals surface area contributed by atoms with Crippen LogP contribution in [0.1, 0.15) is 19.4 Å². The molecular weight excluding hydrogens is 313 g/mol. The lowest BCUT2D eigenvalue weighted by molar-refractivity contribution is -0.127. The summed E-state index contributed by atoms with van der Waals surface area (Å²) in [5, 5.41) is 5.65. The predicted octanol–water partition coefficient (Wildman–Crippen LogP) is 2.11. The summed E-state index contributed by atoms with van der Waals surface area (Å²) in [4.78, 5) is 23.4. The van der Waals surface area contributed by atoms with Crippen molar-refractivity contribution in [3.63, 3.8) is 0 Å². The standard InChI is InChI=1S/C14H20ClN3O2.ClH/c1-8-4-5-12(11(15)6-8)18-13(19)7-17-14(20)9(2)10(3)16;/h4-6,9-10H,7,16H2,1-3H3,(H,17,20)(H,18,19);1H. The molecule has 21 heavy (non-hydrogen) atoms. The molecular formula is C14H21Cl2N3O2. The van der Waals surface area contributed by atoms with Crippen LogP contribution in [0.15, 0.2) is 18.2 Å². The number of hydrogen-bond donors (Lipinski definition) is 3. The number of hydrogen-bond acceptors (Lipinski definition) is 3. The first-order chi connectivity index (χ1) is 9.31. The molecule has 118 valence electrons. The average Bonchev–Trinajstić information content (AvgIpc) is 2.38. The van der Waals surface area contributed by atoms with Gasteiger partial charge in [-0.15, -0.1) is 12.4 Å². The van der Waals surface area contributed by atoms with Crippen molar-refractivity contribution in [2.75, 3.05) is 11.9 Å². The summed E-state index contributed by atoms with van der Waals surface area (Å²) in [6.07, 6.45) is 0. The Morgan fingerprint density at radius 1 is 1.33 bits per heavy atom.